The molecule has 1 saturated heterocycles. The molecule has 150 valence electrons. The maximum atomic E-state index is 12.8. The maximum absolute atomic E-state index is 12.8. The van der Waals surface area contributed by atoms with E-state index < -0.39 is 11.9 Å². The van der Waals surface area contributed by atoms with Crippen molar-refractivity contribution in [3.05, 3.63) is 60.2 Å². The summed E-state index contributed by atoms with van der Waals surface area (Å²) in [6, 6.07) is 11.8. The summed E-state index contributed by atoms with van der Waals surface area (Å²) in [7, 11) is 0. The molecule has 0 radical (unpaired) electrons. The maximum Gasteiger partial charge on any atom is 0.433 e. The smallest absolute Gasteiger partial charge is 0.355 e. The van der Waals surface area contributed by atoms with Crippen LogP contribution in [0.3, 0.4) is 0 Å². The number of aromatic nitrogens is 3. The Bertz CT molecular complexity index is 998. The third-order valence-corrected chi connectivity index (χ3v) is 4.62. The fourth-order valence-corrected chi connectivity index (χ4v) is 3.09. The molecule has 0 saturated carbocycles. The highest BCUT2D eigenvalue weighted by atomic mass is 19.4. The van der Waals surface area contributed by atoms with Gasteiger partial charge in [-0.25, -0.2) is 9.97 Å². The molecule has 4 rings (SSSR count). The number of benzene rings is 1. The van der Waals surface area contributed by atoms with Crippen LogP contribution in [0.25, 0.3) is 11.3 Å². The molecule has 2 aromatic heterocycles. The highest BCUT2D eigenvalue weighted by Crippen LogP contribution is 2.29. The highest BCUT2D eigenvalue weighted by Gasteiger charge is 2.34. The molecule has 1 aliphatic rings. The highest BCUT2D eigenvalue weighted by molar-refractivity contribution is 5.93. The summed E-state index contributed by atoms with van der Waals surface area (Å²) < 4.78 is 43.8. The number of alkyl halides is 3. The molecule has 1 aromatic carbocycles. The summed E-state index contributed by atoms with van der Waals surface area (Å²) in [4.78, 5) is 23.2. The fraction of sp³-hybridized carbons (Fsp3) is 0.263. The number of nitrogens with zero attached hydrogens (tertiary/aromatic N) is 5. The number of hydrogen-bond donors (Lipinski definition) is 0. The number of carbonyl (C=O) groups is 1. The van der Waals surface area contributed by atoms with Crippen LogP contribution in [0.4, 0.5) is 19.0 Å². The van der Waals surface area contributed by atoms with Gasteiger partial charge in [0, 0.05) is 43.9 Å². The minimum atomic E-state index is -4.53. The lowest BCUT2D eigenvalue weighted by Gasteiger charge is -2.35. The summed E-state index contributed by atoms with van der Waals surface area (Å²) >= 11 is 0. The molecule has 7 nitrogen and oxygen atoms in total. The molecule has 3 heterocycles. The zero-order valence-corrected chi connectivity index (χ0v) is 15.1. The average molecular weight is 403 g/mol. The third kappa shape index (κ3) is 4.05. The van der Waals surface area contributed by atoms with Crippen molar-refractivity contribution in [3.8, 4) is 11.3 Å². The van der Waals surface area contributed by atoms with Gasteiger partial charge >= 0.3 is 6.18 Å². The Morgan fingerprint density at radius 2 is 1.72 bits per heavy atom. The molecule has 1 aliphatic heterocycles. The Hall–Kier alpha value is -3.43. The Morgan fingerprint density at radius 1 is 1.00 bits per heavy atom. The summed E-state index contributed by atoms with van der Waals surface area (Å²) in [6.45, 7) is 1.36. The molecule has 0 bridgehead atoms. The summed E-state index contributed by atoms with van der Waals surface area (Å²) in [5.41, 5.74) is 0.0174. The van der Waals surface area contributed by atoms with Crippen LogP contribution in [-0.4, -0.2) is 52.1 Å². The first-order valence-corrected chi connectivity index (χ1v) is 8.87. The molecule has 29 heavy (non-hydrogen) atoms. The quantitative estimate of drug-likeness (QED) is 0.669. The second kappa shape index (κ2) is 7.53. The van der Waals surface area contributed by atoms with Crippen molar-refractivity contribution in [1.82, 2.24) is 20.0 Å². The Kier molecular flexibility index (Phi) is 4.91. The van der Waals surface area contributed by atoms with Crippen LogP contribution in [0.2, 0.25) is 0 Å². The third-order valence-electron chi connectivity index (χ3n) is 4.62. The van der Waals surface area contributed by atoms with Gasteiger partial charge in [-0.3, -0.25) is 4.79 Å². The predicted octanol–water partition coefficient (Wildman–Crippen LogP) is 3.11. The zero-order valence-electron chi connectivity index (χ0n) is 15.1. The Balaban J connectivity index is 1.41. The van der Waals surface area contributed by atoms with E-state index in [0.717, 1.165) is 18.0 Å². The molecule has 0 N–H and O–H groups in total. The monoisotopic (exact) mass is 403 g/mol. The lowest BCUT2D eigenvalue weighted by Crippen LogP contribution is -2.49. The lowest BCUT2D eigenvalue weighted by atomic mass is 10.1. The molecule has 10 heteroatoms. The fourth-order valence-electron chi connectivity index (χ4n) is 3.09. The van der Waals surface area contributed by atoms with Gasteiger partial charge < -0.3 is 14.3 Å². The lowest BCUT2D eigenvalue weighted by molar-refractivity contribution is -0.141. The minimum absolute atomic E-state index is 0.187. The van der Waals surface area contributed by atoms with Crippen LogP contribution < -0.4 is 4.90 Å². The molecule has 3 aromatic rings. The Morgan fingerprint density at radius 3 is 2.41 bits per heavy atom. The summed E-state index contributed by atoms with van der Waals surface area (Å²) in [5.74, 6) is 0.398. The van der Waals surface area contributed by atoms with Gasteiger partial charge in [-0.05, 0) is 0 Å². The van der Waals surface area contributed by atoms with E-state index in [2.05, 4.69) is 15.1 Å². The predicted molar refractivity (Wildman–Crippen MR) is 97.1 cm³/mol. The van der Waals surface area contributed by atoms with Crippen molar-refractivity contribution in [3.63, 3.8) is 0 Å². The van der Waals surface area contributed by atoms with Gasteiger partial charge in [-0.15, -0.1) is 0 Å². The summed E-state index contributed by atoms with van der Waals surface area (Å²) in [5, 5.41) is 3.86. The van der Waals surface area contributed by atoms with E-state index in [0.29, 0.717) is 31.9 Å². The van der Waals surface area contributed by atoms with Crippen molar-refractivity contribution in [1.29, 1.82) is 0 Å². The van der Waals surface area contributed by atoms with Crippen molar-refractivity contribution < 1.29 is 22.5 Å². The molecular formula is C19H16F3N5O2. The zero-order chi connectivity index (χ0) is 20.4. The van der Waals surface area contributed by atoms with Gasteiger partial charge in [0.15, 0.2) is 11.5 Å². The van der Waals surface area contributed by atoms with Gasteiger partial charge in [-0.2, -0.15) is 13.2 Å². The summed E-state index contributed by atoms with van der Waals surface area (Å²) in [6.07, 6.45) is -3.63. The molecular weight excluding hydrogens is 387 g/mol. The minimum Gasteiger partial charge on any atom is -0.355 e. The van der Waals surface area contributed by atoms with E-state index in [1.54, 1.807) is 15.9 Å². The number of piperazine rings is 1. The van der Waals surface area contributed by atoms with Crippen molar-refractivity contribution in [2.45, 2.75) is 6.18 Å². The number of anilines is 1. The van der Waals surface area contributed by atoms with E-state index in [1.807, 2.05) is 30.3 Å². The topological polar surface area (TPSA) is 75.4 Å². The van der Waals surface area contributed by atoms with E-state index >= 15 is 0 Å². The van der Waals surface area contributed by atoms with Crippen molar-refractivity contribution in [2.75, 3.05) is 31.1 Å². The first-order chi connectivity index (χ1) is 13.9. The van der Waals surface area contributed by atoms with Crippen LogP contribution in [0.1, 0.15) is 16.2 Å². The van der Waals surface area contributed by atoms with E-state index in [1.165, 1.54) is 0 Å². The second-order valence-electron chi connectivity index (χ2n) is 6.48. The van der Waals surface area contributed by atoms with Gasteiger partial charge in [0.05, 0.1) is 0 Å². The first kappa shape index (κ1) is 18.9. The molecule has 0 spiro atoms. The second-order valence-corrected chi connectivity index (χ2v) is 6.48. The van der Waals surface area contributed by atoms with Crippen LogP contribution in [-0.2, 0) is 6.18 Å². The number of rotatable bonds is 3. The van der Waals surface area contributed by atoms with E-state index in [9.17, 15) is 18.0 Å². The first-order valence-electron chi connectivity index (χ1n) is 8.87. The van der Waals surface area contributed by atoms with Crippen LogP contribution in [0, 0.1) is 0 Å². The number of hydrogen-bond acceptors (Lipinski definition) is 6. The number of amides is 1. The van der Waals surface area contributed by atoms with E-state index in [-0.39, 0.29) is 17.4 Å². The average Bonchev–Trinajstić information content (AvgIpc) is 3.24. The molecule has 1 fully saturated rings. The van der Waals surface area contributed by atoms with Crippen LogP contribution in [0.5, 0.6) is 0 Å². The Labute approximate surface area is 163 Å². The van der Waals surface area contributed by atoms with Gasteiger partial charge in [0.1, 0.15) is 17.8 Å². The van der Waals surface area contributed by atoms with Gasteiger partial charge in [0.2, 0.25) is 0 Å². The van der Waals surface area contributed by atoms with Crippen molar-refractivity contribution in [2.24, 2.45) is 0 Å². The molecule has 0 aliphatic carbocycles. The normalized spacial score (nSPS) is 14.9. The van der Waals surface area contributed by atoms with Crippen molar-refractivity contribution >= 4 is 11.7 Å². The molecule has 0 atom stereocenters. The van der Waals surface area contributed by atoms with Crippen LogP contribution >= 0.6 is 0 Å². The van der Waals surface area contributed by atoms with E-state index in [4.69, 9.17) is 4.52 Å². The van der Waals surface area contributed by atoms with Gasteiger partial charge in [-0.1, -0.05) is 35.5 Å². The number of halogens is 3. The molecule has 1 amide bonds. The molecule has 0 unspecified atom stereocenters. The number of carbonyl (C=O) groups excluding carboxylic acids is 1. The standard InChI is InChI=1S/C19H16F3N5O2/c20-19(21,22)16-11-17(24-12-23-16)26-6-8-27(9-7-26)18(28)14-10-15(29-25-14)13-4-2-1-3-5-13/h1-5,10-12H,6-9H2. The SMILES string of the molecule is O=C(c1cc(-c2ccccc2)on1)N1CCN(c2cc(C(F)(F)F)ncn2)CC1. The van der Waals surface area contributed by atoms with Crippen LogP contribution in [0.15, 0.2) is 53.3 Å². The largest absolute Gasteiger partial charge is 0.433 e. The van der Waals surface area contributed by atoms with Gasteiger partial charge in [0.25, 0.3) is 5.91 Å².